The summed E-state index contributed by atoms with van der Waals surface area (Å²) in [6.07, 6.45) is 7.53. The normalized spacial score (nSPS) is 13.0. The summed E-state index contributed by atoms with van der Waals surface area (Å²) in [4.78, 5) is 16.4. The Morgan fingerprint density at radius 3 is 2.54 bits per heavy atom. The van der Waals surface area contributed by atoms with E-state index in [1.165, 1.54) is 7.11 Å². The van der Waals surface area contributed by atoms with Crippen LogP contribution < -0.4 is 4.74 Å². The van der Waals surface area contributed by atoms with Gasteiger partial charge in [0, 0.05) is 35.6 Å². The number of fused-ring (bicyclic) bond motifs is 1. The first-order valence-electron chi connectivity index (χ1n) is 11.8. The van der Waals surface area contributed by atoms with Gasteiger partial charge in [-0.05, 0) is 54.2 Å². The van der Waals surface area contributed by atoms with Crippen molar-refractivity contribution in [3.05, 3.63) is 66.4 Å². The SMILES string of the molecule is COc1ccccc1-c1nn(COCCS(C)(C)C)c2ncc(-c3cccc(C(OC)C(=O)O)c3)cc12. The fourth-order valence-electron chi connectivity index (χ4n) is 4.07. The summed E-state index contributed by atoms with van der Waals surface area (Å²) in [5.74, 6) is 0.683. The predicted octanol–water partition coefficient (Wildman–Crippen LogP) is 5.21. The zero-order valence-corrected chi connectivity index (χ0v) is 22.6. The second-order valence-corrected chi connectivity index (χ2v) is 14.1. The maximum atomic E-state index is 11.6. The van der Waals surface area contributed by atoms with E-state index in [4.69, 9.17) is 24.3 Å². The Hall–Kier alpha value is -3.40. The van der Waals surface area contributed by atoms with Crippen molar-refractivity contribution in [3.8, 4) is 28.1 Å². The van der Waals surface area contributed by atoms with Crippen molar-refractivity contribution >= 4 is 27.0 Å². The van der Waals surface area contributed by atoms with E-state index >= 15 is 0 Å². The molecule has 0 saturated heterocycles. The molecule has 196 valence electrons. The van der Waals surface area contributed by atoms with E-state index in [1.807, 2.05) is 48.5 Å². The first kappa shape index (κ1) is 26.7. The largest absolute Gasteiger partial charge is 0.496 e. The van der Waals surface area contributed by atoms with Crippen molar-refractivity contribution in [2.75, 3.05) is 45.3 Å². The maximum absolute atomic E-state index is 11.6. The van der Waals surface area contributed by atoms with Crippen LogP contribution in [0.2, 0.25) is 0 Å². The number of para-hydroxylation sites is 1. The lowest BCUT2D eigenvalue weighted by molar-refractivity contribution is -0.148. The van der Waals surface area contributed by atoms with Gasteiger partial charge in [-0.25, -0.2) is 24.5 Å². The molecule has 2 aromatic carbocycles. The molecule has 37 heavy (non-hydrogen) atoms. The third kappa shape index (κ3) is 6.12. The summed E-state index contributed by atoms with van der Waals surface area (Å²) in [7, 11) is 2.37. The highest BCUT2D eigenvalue weighted by Crippen LogP contribution is 2.36. The molecule has 1 N–H and O–H groups in total. The van der Waals surface area contributed by atoms with Crippen molar-refractivity contribution in [2.24, 2.45) is 0 Å². The lowest BCUT2D eigenvalue weighted by atomic mass is 10.00. The molecule has 8 nitrogen and oxygen atoms in total. The molecule has 0 aliphatic rings. The number of aromatic nitrogens is 3. The summed E-state index contributed by atoms with van der Waals surface area (Å²) < 4.78 is 18.6. The number of hydrogen-bond donors (Lipinski definition) is 1. The number of nitrogens with zero attached hydrogens (tertiary/aromatic N) is 3. The Bertz CT molecular complexity index is 1400. The molecule has 1 atom stereocenters. The second-order valence-electron chi connectivity index (χ2n) is 9.56. The van der Waals surface area contributed by atoms with Crippen LogP contribution in [-0.4, -0.2) is 71.2 Å². The van der Waals surface area contributed by atoms with E-state index in [1.54, 1.807) is 24.1 Å². The lowest BCUT2D eigenvalue weighted by Gasteiger charge is -2.24. The van der Waals surface area contributed by atoms with Gasteiger partial charge >= 0.3 is 5.97 Å². The molecule has 4 aromatic rings. The summed E-state index contributed by atoms with van der Waals surface area (Å²) in [5.41, 5.74) is 4.52. The average molecular weight is 524 g/mol. The van der Waals surface area contributed by atoms with E-state index < -0.39 is 22.1 Å². The number of benzene rings is 2. The van der Waals surface area contributed by atoms with Gasteiger partial charge in [-0.2, -0.15) is 5.10 Å². The van der Waals surface area contributed by atoms with E-state index in [2.05, 4.69) is 18.8 Å². The number of carbonyl (C=O) groups is 1. The number of carboxylic acids is 1. The Labute approximate surface area is 218 Å². The summed E-state index contributed by atoms with van der Waals surface area (Å²) >= 11 is 0. The molecule has 0 aliphatic carbocycles. The molecular formula is C28H33N3O5S. The van der Waals surface area contributed by atoms with Crippen LogP contribution in [-0.2, 0) is 21.0 Å². The average Bonchev–Trinajstić information content (AvgIpc) is 3.24. The summed E-state index contributed by atoms with van der Waals surface area (Å²) in [5, 5.41) is 15.2. The fourth-order valence-corrected chi connectivity index (χ4v) is 4.69. The van der Waals surface area contributed by atoms with Gasteiger partial charge in [0.15, 0.2) is 11.8 Å². The van der Waals surface area contributed by atoms with E-state index in [9.17, 15) is 9.90 Å². The molecular weight excluding hydrogens is 490 g/mol. The molecule has 2 aromatic heterocycles. The van der Waals surface area contributed by atoms with Crippen molar-refractivity contribution < 1.29 is 24.1 Å². The number of pyridine rings is 1. The zero-order chi connectivity index (χ0) is 26.6. The van der Waals surface area contributed by atoms with Gasteiger partial charge in [0.1, 0.15) is 18.2 Å². The summed E-state index contributed by atoms with van der Waals surface area (Å²) in [6, 6.07) is 17.1. The molecule has 0 aliphatic heterocycles. The van der Waals surface area contributed by atoms with Gasteiger partial charge in [-0.3, -0.25) is 0 Å². The summed E-state index contributed by atoms with van der Waals surface area (Å²) in [6.45, 7) is 0.941. The highest BCUT2D eigenvalue weighted by molar-refractivity contribution is 8.32. The lowest BCUT2D eigenvalue weighted by Crippen LogP contribution is -2.13. The van der Waals surface area contributed by atoms with Gasteiger partial charge in [0.05, 0.1) is 13.7 Å². The fraction of sp³-hybridized carbons (Fsp3) is 0.321. The van der Waals surface area contributed by atoms with Crippen LogP contribution in [0.25, 0.3) is 33.4 Å². The molecule has 4 rings (SSSR count). The van der Waals surface area contributed by atoms with Gasteiger partial charge in [-0.1, -0.05) is 30.3 Å². The van der Waals surface area contributed by atoms with Crippen LogP contribution in [0.5, 0.6) is 5.75 Å². The molecule has 2 heterocycles. The smallest absolute Gasteiger partial charge is 0.337 e. The number of methoxy groups -OCH3 is 2. The first-order valence-corrected chi connectivity index (χ1v) is 14.8. The molecule has 0 saturated carbocycles. The van der Waals surface area contributed by atoms with Gasteiger partial charge < -0.3 is 19.3 Å². The topological polar surface area (TPSA) is 95.7 Å². The number of carboxylic acid groups (broad SMARTS) is 1. The molecule has 0 fully saturated rings. The maximum Gasteiger partial charge on any atom is 0.337 e. The van der Waals surface area contributed by atoms with Gasteiger partial charge in [0.25, 0.3) is 0 Å². The standard InChI is InChI=1S/C28H33N3O5S/c1-34-24-12-7-6-11-22(24)25-23-16-21(19-9-8-10-20(15-19)26(35-2)28(32)33)17-29-27(23)31(30-25)18-36-13-14-37(3,4)5/h6-12,15-17,26H,13-14,18H2,1-5H3,(H,32,33). The Kier molecular flexibility index (Phi) is 8.16. The van der Waals surface area contributed by atoms with E-state index in [0.717, 1.165) is 33.5 Å². The van der Waals surface area contributed by atoms with E-state index in [-0.39, 0.29) is 6.73 Å². The highest BCUT2D eigenvalue weighted by Gasteiger charge is 2.21. The van der Waals surface area contributed by atoms with Crippen molar-refractivity contribution in [1.82, 2.24) is 14.8 Å². The van der Waals surface area contributed by atoms with Crippen LogP contribution >= 0.6 is 10.0 Å². The molecule has 0 amide bonds. The monoisotopic (exact) mass is 523 g/mol. The Morgan fingerprint density at radius 1 is 1.05 bits per heavy atom. The second kappa shape index (κ2) is 11.3. The minimum absolute atomic E-state index is 0.289. The van der Waals surface area contributed by atoms with Gasteiger partial charge in [-0.15, -0.1) is 0 Å². The third-order valence-corrected chi connectivity index (χ3v) is 7.38. The number of ether oxygens (including phenoxy) is 3. The number of aliphatic carboxylic acids is 1. The van der Waals surface area contributed by atoms with Crippen LogP contribution in [0.4, 0.5) is 0 Å². The Balaban J connectivity index is 1.78. The van der Waals surface area contributed by atoms with Crippen LogP contribution in [0.1, 0.15) is 11.7 Å². The van der Waals surface area contributed by atoms with Gasteiger partial charge in [0.2, 0.25) is 0 Å². The van der Waals surface area contributed by atoms with Crippen LogP contribution in [0.15, 0.2) is 60.8 Å². The first-order chi connectivity index (χ1) is 17.7. The molecule has 0 bridgehead atoms. The zero-order valence-electron chi connectivity index (χ0n) is 21.8. The molecule has 0 radical (unpaired) electrons. The van der Waals surface area contributed by atoms with Crippen LogP contribution in [0, 0.1) is 0 Å². The third-order valence-electron chi connectivity index (χ3n) is 5.99. The number of hydrogen-bond acceptors (Lipinski definition) is 6. The van der Waals surface area contributed by atoms with Crippen molar-refractivity contribution in [2.45, 2.75) is 12.8 Å². The van der Waals surface area contributed by atoms with E-state index in [0.29, 0.717) is 23.6 Å². The van der Waals surface area contributed by atoms with Crippen LogP contribution in [0.3, 0.4) is 0 Å². The molecule has 9 heteroatoms. The minimum atomic E-state index is -1.05. The predicted molar refractivity (Wildman–Crippen MR) is 149 cm³/mol. The quantitative estimate of drug-likeness (QED) is 0.270. The van der Waals surface area contributed by atoms with Crippen molar-refractivity contribution in [1.29, 1.82) is 0 Å². The minimum Gasteiger partial charge on any atom is -0.496 e. The molecule has 0 spiro atoms. The molecule has 1 unspecified atom stereocenters. The Morgan fingerprint density at radius 2 is 1.84 bits per heavy atom. The highest BCUT2D eigenvalue weighted by atomic mass is 32.3. The number of rotatable bonds is 11. The van der Waals surface area contributed by atoms with Crippen molar-refractivity contribution in [3.63, 3.8) is 0 Å².